The molecule has 3 N–H and O–H groups in total. The quantitative estimate of drug-likeness (QED) is 0.851. The predicted octanol–water partition coefficient (Wildman–Crippen LogP) is 1.05. The van der Waals surface area contributed by atoms with Crippen molar-refractivity contribution in [2.24, 2.45) is 11.7 Å². The first kappa shape index (κ1) is 17.5. The number of carbonyl (C=O) groups excluding carboxylic acids is 2. The van der Waals surface area contributed by atoms with Gasteiger partial charge in [0.15, 0.2) is 0 Å². The Morgan fingerprint density at radius 1 is 1.39 bits per heavy atom. The molecule has 1 saturated heterocycles. The minimum atomic E-state index is -0.131. The first-order valence-electron chi connectivity index (χ1n) is 8.43. The van der Waals surface area contributed by atoms with Crippen molar-refractivity contribution in [3.63, 3.8) is 0 Å². The van der Waals surface area contributed by atoms with E-state index in [0.717, 1.165) is 42.9 Å². The van der Waals surface area contributed by atoms with Crippen molar-refractivity contribution in [2.75, 3.05) is 26.2 Å². The van der Waals surface area contributed by atoms with Crippen LogP contribution in [-0.4, -0.2) is 47.5 Å². The summed E-state index contributed by atoms with van der Waals surface area (Å²) in [4.78, 5) is 26.8. The molecule has 0 spiro atoms. The van der Waals surface area contributed by atoms with E-state index in [9.17, 15) is 9.59 Å². The number of piperidine rings is 1. The van der Waals surface area contributed by atoms with Gasteiger partial charge in [0, 0.05) is 44.1 Å². The summed E-state index contributed by atoms with van der Waals surface area (Å²) >= 11 is 0. The van der Waals surface area contributed by atoms with Gasteiger partial charge < -0.3 is 20.5 Å². The second-order valence-corrected chi connectivity index (χ2v) is 6.20. The van der Waals surface area contributed by atoms with E-state index in [2.05, 4.69) is 16.8 Å². The highest BCUT2D eigenvalue weighted by Crippen LogP contribution is 2.22. The summed E-state index contributed by atoms with van der Waals surface area (Å²) in [6, 6.07) is 1.96. The van der Waals surface area contributed by atoms with Crippen molar-refractivity contribution in [2.45, 2.75) is 40.2 Å². The molecular formula is C17H28N4O2. The Labute approximate surface area is 138 Å². The average molecular weight is 320 g/mol. The van der Waals surface area contributed by atoms with Crippen LogP contribution >= 0.6 is 0 Å². The number of nitrogens with one attached hydrogen (secondary N) is 1. The van der Waals surface area contributed by atoms with Crippen LogP contribution in [0.15, 0.2) is 6.07 Å². The zero-order chi connectivity index (χ0) is 17.0. The maximum Gasteiger partial charge on any atom is 0.255 e. The Morgan fingerprint density at radius 2 is 2.13 bits per heavy atom. The van der Waals surface area contributed by atoms with Gasteiger partial charge in [-0.2, -0.15) is 0 Å². The molecule has 128 valence electrons. The number of rotatable bonds is 5. The van der Waals surface area contributed by atoms with Gasteiger partial charge in [-0.1, -0.05) is 0 Å². The number of carbonyl (C=O) groups is 2. The molecule has 6 heteroatoms. The smallest absolute Gasteiger partial charge is 0.255 e. The number of hydrogen-bond donors (Lipinski definition) is 2. The molecular weight excluding hydrogens is 292 g/mol. The SMILES string of the molecule is CCn1c(C)cc(C(=O)N2CCCC(C(=O)NCCN)C2)c1C. The van der Waals surface area contributed by atoms with Gasteiger partial charge >= 0.3 is 0 Å². The summed E-state index contributed by atoms with van der Waals surface area (Å²) in [6.45, 7) is 9.07. The van der Waals surface area contributed by atoms with Crippen molar-refractivity contribution < 1.29 is 9.59 Å². The summed E-state index contributed by atoms with van der Waals surface area (Å²) in [7, 11) is 0. The fourth-order valence-corrected chi connectivity index (χ4v) is 3.39. The molecule has 1 aromatic rings. The second kappa shape index (κ2) is 7.64. The van der Waals surface area contributed by atoms with Gasteiger partial charge in [0.05, 0.1) is 11.5 Å². The maximum atomic E-state index is 12.8. The maximum absolute atomic E-state index is 12.8. The fourth-order valence-electron chi connectivity index (χ4n) is 3.39. The number of hydrogen-bond acceptors (Lipinski definition) is 3. The molecule has 1 aliphatic rings. The van der Waals surface area contributed by atoms with Gasteiger partial charge in [0.2, 0.25) is 5.91 Å². The highest BCUT2D eigenvalue weighted by Gasteiger charge is 2.30. The minimum absolute atomic E-state index is 0.00646. The standard InChI is InChI=1S/C17H28N4O2/c1-4-21-12(2)10-15(13(21)3)17(23)20-9-5-6-14(11-20)16(22)19-8-7-18/h10,14H,4-9,11,18H2,1-3H3,(H,19,22). The molecule has 2 heterocycles. The Balaban J connectivity index is 2.09. The largest absolute Gasteiger partial charge is 0.355 e. The number of nitrogens with zero attached hydrogens (tertiary/aromatic N) is 2. The van der Waals surface area contributed by atoms with Crippen LogP contribution in [0.3, 0.4) is 0 Å². The van der Waals surface area contributed by atoms with E-state index in [4.69, 9.17) is 5.73 Å². The lowest BCUT2D eigenvalue weighted by Gasteiger charge is -2.32. The molecule has 1 fully saturated rings. The summed E-state index contributed by atoms with van der Waals surface area (Å²) in [6.07, 6.45) is 1.69. The number of nitrogens with two attached hydrogens (primary N) is 1. The minimum Gasteiger partial charge on any atom is -0.355 e. The Kier molecular flexibility index (Phi) is 5.82. The average Bonchev–Trinajstić information content (AvgIpc) is 2.85. The lowest BCUT2D eigenvalue weighted by Crippen LogP contribution is -2.46. The first-order chi connectivity index (χ1) is 11.0. The molecule has 1 aromatic heterocycles. The van der Waals surface area contributed by atoms with E-state index in [1.807, 2.05) is 24.8 Å². The first-order valence-corrected chi connectivity index (χ1v) is 8.43. The Morgan fingerprint density at radius 3 is 2.74 bits per heavy atom. The lowest BCUT2D eigenvalue weighted by atomic mass is 9.96. The predicted molar refractivity (Wildman–Crippen MR) is 90.3 cm³/mol. The molecule has 0 bridgehead atoms. The summed E-state index contributed by atoms with van der Waals surface area (Å²) in [5.41, 5.74) is 8.28. The van der Waals surface area contributed by atoms with Crippen LogP contribution in [0.2, 0.25) is 0 Å². The van der Waals surface area contributed by atoms with E-state index in [0.29, 0.717) is 19.6 Å². The third-order valence-electron chi connectivity index (χ3n) is 4.64. The molecule has 6 nitrogen and oxygen atoms in total. The van der Waals surface area contributed by atoms with Crippen LogP contribution in [0, 0.1) is 19.8 Å². The van der Waals surface area contributed by atoms with Crippen molar-refractivity contribution >= 4 is 11.8 Å². The number of aromatic nitrogens is 1. The van der Waals surface area contributed by atoms with E-state index in [-0.39, 0.29) is 17.7 Å². The summed E-state index contributed by atoms with van der Waals surface area (Å²) in [5, 5.41) is 2.83. The molecule has 0 aromatic carbocycles. The molecule has 1 aliphatic heterocycles. The third kappa shape index (κ3) is 3.75. The van der Waals surface area contributed by atoms with E-state index in [1.54, 1.807) is 0 Å². The van der Waals surface area contributed by atoms with Gasteiger partial charge in [0.1, 0.15) is 0 Å². The van der Waals surface area contributed by atoms with Crippen LogP contribution in [0.1, 0.15) is 41.5 Å². The van der Waals surface area contributed by atoms with Crippen molar-refractivity contribution in [1.29, 1.82) is 0 Å². The van der Waals surface area contributed by atoms with Crippen LogP contribution in [-0.2, 0) is 11.3 Å². The van der Waals surface area contributed by atoms with Gasteiger partial charge in [-0.05, 0) is 39.7 Å². The lowest BCUT2D eigenvalue weighted by molar-refractivity contribution is -0.126. The molecule has 2 amide bonds. The van der Waals surface area contributed by atoms with Crippen LogP contribution in [0.4, 0.5) is 0 Å². The zero-order valence-electron chi connectivity index (χ0n) is 14.4. The van der Waals surface area contributed by atoms with E-state index in [1.165, 1.54) is 0 Å². The van der Waals surface area contributed by atoms with Crippen molar-refractivity contribution in [3.05, 3.63) is 23.0 Å². The number of amides is 2. The van der Waals surface area contributed by atoms with E-state index < -0.39 is 0 Å². The fraction of sp³-hybridized carbons (Fsp3) is 0.647. The highest BCUT2D eigenvalue weighted by atomic mass is 16.2. The van der Waals surface area contributed by atoms with E-state index >= 15 is 0 Å². The van der Waals surface area contributed by atoms with Crippen LogP contribution < -0.4 is 11.1 Å². The summed E-state index contributed by atoms with van der Waals surface area (Å²) in [5.74, 6) is -0.0879. The van der Waals surface area contributed by atoms with Gasteiger partial charge in [-0.15, -0.1) is 0 Å². The molecule has 0 saturated carbocycles. The third-order valence-corrected chi connectivity index (χ3v) is 4.64. The Bertz CT molecular complexity index is 579. The van der Waals surface area contributed by atoms with Gasteiger partial charge in [-0.3, -0.25) is 9.59 Å². The molecule has 2 rings (SSSR count). The molecule has 1 atom stereocenters. The normalized spacial score (nSPS) is 18.1. The second-order valence-electron chi connectivity index (χ2n) is 6.20. The molecule has 0 radical (unpaired) electrons. The monoisotopic (exact) mass is 320 g/mol. The summed E-state index contributed by atoms with van der Waals surface area (Å²) < 4.78 is 2.14. The topological polar surface area (TPSA) is 80.4 Å². The number of aryl methyl sites for hydroxylation is 1. The van der Waals surface area contributed by atoms with Gasteiger partial charge in [-0.25, -0.2) is 0 Å². The number of likely N-dealkylation sites (tertiary alicyclic amines) is 1. The van der Waals surface area contributed by atoms with Crippen molar-refractivity contribution in [3.8, 4) is 0 Å². The molecule has 0 aliphatic carbocycles. The van der Waals surface area contributed by atoms with Crippen LogP contribution in [0.5, 0.6) is 0 Å². The Hall–Kier alpha value is -1.82. The van der Waals surface area contributed by atoms with Crippen LogP contribution in [0.25, 0.3) is 0 Å². The van der Waals surface area contributed by atoms with Gasteiger partial charge in [0.25, 0.3) is 5.91 Å². The molecule has 1 unspecified atom stereocenters. The van der Waals surface area contributed by atoms with Crippen molar-refractivity contribution in [1.82, 2.24) is 14.8 Å². The molecule has 23 heavy (non-hydrogen) atoms. The zero-order valence-corrected chi connectivity index (χ0v) is 14.4. The highest BCUT2D eigenvalue weighted by molar-refractivity contribution is 5.96.